The summed E-state index contributed by atoms with van der Waals surface area (Å²) < 4.78 is 1.14. The molecule has 0 amide bonds. The molecule has 0 radical (unpaired) electrons. The van der Waals surface area contributed by atoms with E-state index in [0.717, 1.165) is 11.0 Å². The van der Waals surface area contributed by atoms with E-state index in [1.165, 1.54) is 64.5 Å². The highest BCUT2D eigenvalue weighted by molar-refractivity contribution is 4.98. The first-order valence-electron chi connectivity index (χ1n) is 10.5. The van der Waals surface area contributed by atoms with E-state index in [1.54, 1.807) is 0 Å². The van der Waals surface area contributed by atoms with Gasteiger partial charge in [-0.1, -0.05) is 26.7 Å². The average molecular weight is 342 g/mol. The molecule has 0 aromatic rings. The lowest BCUT2D eigenvalue weighted by Crippen LogP contribution is -2.68. The third kappa shape index (κ3) is 6.65. The Hall–Kier alpha value is -0.120. The molecule has 1 saturated heterocycles. The summed E-state index contributed by atoms with van der Waals surface area (Å²) in [6.07, 6.45) is 10.2. The second-order valence-electron chi connectivity index (χ2n) is 9.48. The number of rotatable bonds is 11. The molecule has 0 spiro atoms. The summed E-state index contributed by atoms with van der Waals surface area (Å²) in [5.74, 6) is 0. The van der Waals surface area contributed by atoms with Crippen molar-refractivity contribution in [3.05, 3.63) is 0 Å². The molecule has 3 nitrogen and oxygen atoms in total. The SMILES string of the molecule is CCCCC[N+](CCO)(CCCCC)C1CC(C)(C)NC(C)(C)C1. The van der Waals surface area contributed by atoms with Crippen LogP contribution >= 0.6 is 0 Å². The molecule has 1 aliphatic heterocycles. The van der Waals surface area contributed by atoms with Crippen LogP contribution in [0.2, 0.25) is 0 Å². The molecule has 1 rings (SSSR count). The third-order valence-electron chi connectivity index (χ3n) is 5.90. The summed E-state index contributed by atoms with van der Waals surface area (Å²) in [4.78, 5) is 0. The van der Waals surface area contributed by atoms with Gasteiger partial charge in [0, 0.05) is 23.9 Å². The van der Waals surface area contributed by atoms with Crippen molar-refractivity contribution in [2.75, 3.05) is 26.2 Å². The van der Waals surface area contributed by atoms with Gasteiger partial charge in [0.05, 0.1) is 25.7 Å². The first-order chi connectivity index (χ1) is 11.2. The van der Waals surface area contributed by atoms with Crippen molar-refractivity contribution in [3.8, 4) is 0 Å². The second-order valence-corrected chi connectivity index (χ2v) is 9.48. The maximum absolute atomic E-state index is 9.87. The highest BCUT2D eigenvalue weighted by Gasteiger charge is 2.46. The molecule has 0 saturated carbocycles. The van der Waals surface area contributed by atoms with Gasteiger partial charge in [0.2, 0.25) is 0 Å². The fraction of sp³-hybridized carbons (Fsp3) is 1.00. The fourth-order valence-electron chi connectivity index (χ4n) is 5.09. The van der Waals surface area contributed by atoms with E-state index in [-0.39, 0.29) is 11.1 Å². The van der Waals surface area contributed by atoms with E-state index in [2.05, 4.69) is 46.9 Å². The van der Waals surface area contributed by atoms with Gasteiger partial charge in [-0.25, -0.2) is 0 Å². The van der Waals surface area contributed by atoms with Gasteiger partial charge in [0.1, 0.15) is 6.54 Å². The number of quaternary nitrogens is 1. The maximum atomic E-state index is 9.87. The van der Waals surface area contributed by atoms with Crippen molar-refractivity contribution in [2.45, 2.75) is 110 Å². The van der Waals surface area contributed by atoms with E-state index >= 15 is 0 Å². The van der Waals surface area contributed by atoms with Crippen LogP contribution in [0.1, 0.15) is 92.9 Å². The van der Waals surface area contributed by atoms with Crippen LogP contribution in [0.5, 0.6) is 0 Å². The third-order valence-corrected chi connectivity index (χ3v) is 5.90. The van der Waals surface area contributed by atoms with Crippen LogP contribution in [0.3, 0.4) is 0 Å². The molecule has 0 unspecified atom stereocenters. The number of piperidine rings is 1. The minimum Gasteiger partial charge on any atom is -0.391 e. The van der Waals surface area contributed by atoms with Crippen molar-refractivity contribution < 1.29 is 9.59 Å². The zero-order chi connectivity index (χ0) is 18.3. The van der Waals surface area contributed by atoms with Crippen molar-refractivity contribution >= 4 is 0 Å². The van der Waals surface area contributed by atoms with E-state index in [4.69, 9.17) is 0 Å². The highest BCUT2D eigenvalue weighted by atomic mass is 16.3. The Morgan fingerprint density at radius 3 is 1.67 bits per heavy atom. The minimum atomic E-state index is 0.181. The molecule has 0 aliphatic carbocycles. The summed E-state index contributed by atoms with van der Waals surface area (Å²) in [5, 5.41) is 13.7. The minimum absolute atomic E-state index is 0.181. The number of nitrogens with one attached hydrogen (secondary N) is 1. The Bertz CT molecular complexity index is 326. The van der Waals surface area contributed by atoms with Crippen LogP contribution in [0.15, 0.2) is 0 Å². The smallest absolute Gasteiger partial charge is 0.102 e. The lowest BCUT2D eigenvalue weighted by atomic mass is 9.77. The molecule has 0 aromatic heterocycles. The highest BCUT2D eigenvalue weighted by Crippen LogP contribution is 2.36. The Kier molecular flexibility index (Phi) is 8.72. The number of hydrogen-bond donors (Lipinski definition) is 2. The summed E-state index contributed by atoms with van der Waals surface area (Å²) in [6.45, 7) is 17.7. The summed E-state index contributed by atoms with van der Waals surface area (Å²) in [6, 6.07) is 0.664. The normalized spacial score (nSPS) is 21.1. The summed E-state index contributed by atoms with van der Waals surface area (Å²) >= 11 is 0. The summed E-state index contributed by atoms with van der Waals surface area (Å²) in [5.41, 5.74) is 0.363. The molecule has 1 aliphatic rings. The van der Waals surface area contributed by atoms with Gasteiger partial charge in [0.15, 0.2) is 0 Å². The van der Waals surface area contributed by atoms with E-state index in [1.807, 2.05) is 0 Å². The summed E-state index contributed by atoms with van der Waals surface area (Å²) in [7, 11) is 0. The molecule has 1 heterocycles. The lowest BCUT2D eigenvalue weighted by Gasteiger charge is -2.54. The Morgan fingerprint density at radius 2 is 1.29 bits per heavy atom. The van der Waals surface area contributed by atoms with Crippen LogP contribution in [0, 0.1) is 0 Å². The zero-order valence-electron chi connectivity index (χ0n) is 17.5. The van der Waals surface area contributed by atoms with Gasteiger partial charge in [-0.15, -0.1) is 0 Å². The van der Waals surface area contributed by atoms with Gasteiger partial charge in [-0.3, -0.25) is 0 Å². The van der Waals surface area contributed by atoms with Gasteiger partial charge in [0.25, 0.3) is 0 Å². The monoisotopic (exact) mass is 341 g/mol. The van der Waals surface area contributed by atoms with Gasteiger partial charge in [-0.05, 0) is 53.4 Å². The molecule has 2 N–H and O–H groups in total. The van der Waals surface area contributed by atoms with E-state index in [9.17, 15) is 5.11 Å². The Morgan fingerprint density at radius 1 is 0.833 bits per heavy atom. The molecular weight excluding hydrogens is 296 g/mol. The Balaban J connectivity index is 3.01. The predicted molar refractivity (Wildman–Crippen MR) is 105 cm³/mol. The largest absolute Gasteiger partial charge is 0.391 e. The average Bonchev–Trinajstić information content (AvgIpc) is 2.44. The number of aliphatic hydroxyl groups is 1. The number of nitrogens with zero attached hydrogens (tertiary/aromatic N) is 1. The molecular formula is C21H45N2O+. The van der Waals surface area contributed by atoms with Crippen LogP contribution in [-0.2, 0) is 0 Å². The molecule has 0 aromatic carbocycles. The fourth-order valence-corrected chi connectivity index (χ4v) is 5.09. The van der Waals surface area contributed by atoms with Crippen molar-refractivity contribution in [2.24, 2.45) is 0 Å². The quantitative estimate of drug-likeness (QED) is 0.429. The number of unbranched alkanes of at least 4 members (excludes halogenated alkanes) is 4. The van der Waals surface area contributed by atoms with Crippen LogP contribution in [0.4, 0.5) is 0 Å². The van der Waals surface area contributed by atoms with Crippen LogP contribution in [-0.4, -0.2) is 53.0 Å². The van der Waals surface area contributed by atoms with Gasteiger partial charge in [-0.2, -0.15) is 0 Å². The molecule has 24 heavy (non-hydrogen) atoms. The number of aliphatic hydroxyl groups excluding tert-OH is 1. The second kappa shape index (κ2) is 9.54. The maximum Gasteiger partial charge on any atom is 0.102 e. The van der Waals surface area contributed by atoms with E-state index < -0.39 is 0 Å². The molecule has 1 fully saturated rings. The van der Waals surface area contributed by atoms with E-state index in [0.29, 0.717) is 12.6 Å². The van der Waals surface area contributed by atoms with Crippen molar-refractivity contribution in [3.63, 3.8) is 0 Å². The lowest BCUT2D eigenvalue weighted by molar-refractivity contribution is -0.954. The topological polar surface area (TPSA) is 32.3 Å². The molecule has 144 valence electrons. The Labute approximate surface area is 151 Å². The molecule has 0 atom stereocenters. The van der Waals surface area contributed by atoms with Crippen molar-refractivity contribution in [1.82, 2.24) is 5.32 Å². The standard InChI is InChI=1S/C21H45N2O/c1-7-9-11-13-23(15-16-24,14-12-10-8-2)19-17-20(3,4)22-21(5,6)18-19/h19,22,24H,7-18H2,1-6H3/q+1. The molecule has 3 heteroatoms. The predicted octanol–water partition coefficient (Wildman–Crippen LogP) is 4.49. The van der Waals surface area contributed by atoms with Crippen LogP contribution < -0.4 is 5.32 Å². The molecule has 0 bridgehead atoms. The first kappa shape index (κ1) is 21.9. The van der Waals surface area contributed by atoms with Crippen LogP contribution in [0.25, 0.3) is 0 Å². The first-order valence-corrected chi connectivity index (χ1v) is 10.5. The van der Waals surface area contributed by atoms with Gasteiger partial charge < -0.3 is 14.9 Å². The zero-order valence-corrected chi connectivity index (χ0v) is 17.5. The van der Waals surface area contributed by atoms with Gasteiger partial charge >= 0.3 is 0 Å². The van der Waals surface area contributed by atoms with Crippen molar-refractivity contribution in [1.29, 1.82) is 0 Å². The number of hydrogen-bond acceptors (Lipinski definition) is 2.